The van der Waals surface area contributed by atoms with E-state index in [1.54, 1.807) is 13.1 Å². The number of rotatable bonds is 3. The summed E-state index contributed by atoms with van der Waals surface area (Å²) < 4.78 is 13.3. The van der Waals surface area contributed by atoms with E-state index in [1.165, 1.54) is 21.9 Å². The molecule has 2 amide bonds. The third kappa shape index (κ3) is 2.90. The first-order valence-electron chi connectivity index (χ1n) is 6.00. The molecular weight excluding hydrogens is 249 g/mol. The summed E-state index contributed by atoms with van der Waals surface area (Å²) in [4.78, 5) is 26.3. The van der Waals surface area contributed by atoms with Gasteiger partial charge in [-0.1, -0.05) is 6.07 Å². The van der Waals surface area contributed by atoms with Gasteiger partial charge in [0.15, 0.2) is 0 Å². The number of carbonyl (C=O) groups is 2. The normalized spacial score (nSPS) is 16.2. The third-order valence-corrected chi connectivity index (χ3v) is 3.23. The van der Waals surface area contributed by atoms with E-state index in [-0.39, 0.29) is 43.8 Å². The molecule has 1 fully saturated rings. The van der Waals surface area contributed by atoms with Crippen LogP contribution in [0.2, 0.25) is 0 Å². The first-order valence-corrected chi connectivity index (χ1v) is 6.00. The summed E-state index contributed by atoms with van der Waals surface area (Å²) in [6, 6.07) is 4.30. The summed E-state index contributed by atoms with van der Waals surface area (Å²) in [6.07, 6.45) is 0. The number of halogens is 1. The molecule has 1 aromatic carbocycles. The fourth-order valence-electron chi connectivity index (χ4n) is 2.05. The second-order valence-corrected chi connectivity index (χ2v) is 4.62. The van der Waals surface area contributed by atoms with Crippen molar-refractivity contribution in [1.29, 1.82) is 0 Å². The molecule has 0 bridgehead atoms. The molecular formula is C13H16FN3O2. The molecule has 2 rings (SSSR count). The first-order chi connectivity index (χ1) is 9.01. The van der Waals surface area contributed by atoms with E-state index in [4.69, 9.17) is 5.73 Å². The number of carbonyl (C=O) groups excluding carboxylic acids is 2. The van der Waals surface area contributed by atoms with Crippen molar-refractivity contribution in [3.05, 3.63) is 35.1 Å². The lowest BCUT2D eigenvalue weighted by molar-refractivity contribution is -0.149. The third-order valence-electron chi connectivity index (χ3n) is 3.23. The average Bonchev–Trinajstić information content (AvgIpc) is 2.36. The minimum absolute atomic E-state index is 0.0237. The van der Waals surface area contributed by atoms with Crippen molar-refractivity contribution in [3.8, 4) is 0 Å². The molecule has 0 radical (unpaired) electrons. The van der Waals surface area contributed by atoms with Gasteiger partial charge in [0.2, 0.25) is 11.8 Å². The minimum Gasteiger partial charge on any atom is -0.335 e. The van der Waals surface area contributed by atoms with Gasteiger partial charge in [0.1, 0.15) is 12.4 Å². The quantitative estimate of drug-likeness (QED) is 0.842. The van der Waals surface area contributed by atoms with Gasteiger partial charge in [-0.15, -0.1) is 0 Å². The Morgan fingerprint density at radius 3 is 2.63 bits per heavy atom. The lowest BCUT2D eigenvalue weighted by Gasteiger charge is -2.32. The molecule has 1 saturated heterocycles. The molecule has 0 aliphatic carbocycles. The van der Waals surface area contributed by atoms with Crippen LogP contribution in [-0.2, 0) is 22.7 Å². The van der Waals surface area contributed by atoms with Crippen LogP contribution in [0.15, 0.2) is 18.2 Å². The number of likely N-dealkylation sites (N-methyl/N-ethyl adjacent to an activating group) is 1. The van der Waals surface area contributed by atoms with Gasteiger partial charge in [0, 0.05) is 20.1 Å². The van der Waals surface area contributed by atoms with Crippen LogP contribution in [0.25, 0.3) is 0 Å². The molecule has 5 nitrogen and oxygen atoms in total. The lowest BCUT2D eigenvalue weighted by Crippen LogP contribution is -2.51. The smallest absolute Gasteiger partial charge is 0.242 e. The Hall–Kier alpha value is -1.95. The standard InChI is InChI=1S/C13H16FN3O2/c1-16-7-13(19)17(8-12(16)18)6-10-4-11(14)3-2-9(10)5-15/h2-4H,5-8,15H2,1H3. The van der Waals surface area contributed by atoms with Crippen molar-refractivity contribution in [2.75, 3.05) is 20.1 Å². The molecule has 2 N–H and O–H groups in total. The highest BCUT2D eigenvalue weighted by molar-refractivity contribution is 5.92. The van der Waals surface area contributed by atoms with Crippen LogP contribution in [0.4, 0.5) is 4.39 Å². The van der Waals surface area contributed by atoms with Gasteiger partial charge < -0.3 is 15.5 Å². The lowest BCUT2D eigenvalue weighted by atomic mass is 10.1. The number of nitrogens with zero attached hydrogens (tertiary/aromatic N) is 2. The summed E-state index contributed by atoms with van der Waals surface area (Å²) >= 11 is 0. The molecule has 1 aliphatic heterocycles. The Balaban J connectivity index is 2.19. The van der Waals surface area contributed by atoms with Crippen LogP contribution in [0.5, 0.6) is 0 Å². The minimum atomic E-state index is -0.375. The molecule has 0 spiro atoms. The number of hydrogen-bond acceptors (Lipinski definition) is 3. The predicted octanol–water partition coefficient (Wildman–Crippen LogP) is 0.0850. The Bertz CT molecular complexity index is 519. The number of nitrogens with two attached hydrogens (primary N) is 1. The summed E-state index contributed by atoms with van der Waals surface area (Å²) in [5, 5.41) is 0. The molecule has 0 saturated carbocycles. The number of amides is 2. The zero-order chi connectivity index (χ0) is 14.0. The molecule has 1 heterocycles. The highest BCUT2D eigenvalue weighted by atomic mass is 19.1. The first kappa shape index (κ1) is 13.5. The van der Waals surface area contributed by atoms with Gasteiger partial charge in [-0.05, 0) is 23.3 Å². The Kier molecular flexibility index (Phi) is 3.80. The van der Waals surface area contributed by atoms with E-state index < -0.39 is 0 Å². The molecule has 19 heavy (non-hydrogen) atoms. The zero-order valence-electron chi connectivity index (χ0n) is 10.7. The van der Waals surface area contributed by atoms with Crippen molar-refractivity contribution >= 4 is 11.8 Å². The number of piperazine rings is 1. The molecule has 0 atom stereocenters. The number of benzene rings is 1. The van der Waals surface area contributed by atoms with Gasteiger partial charge >= 0.3 is 0 Å². The van der Waals surface area contributed by atoms with E-state index in [0.29, 0.717) is 5.56 Å². The fourth-order valence-corrected chi connectivity index (χ4v) is 2.05. The van der Waals surface area contributed by atoms with Gasteiger partial charge in [-0.25, -0.2) is 4.39 Å². The fraction of sp³-hybridized carbons (Fsp3) is 0.385. The van der Waals surface area contributed by atoms with Gasteiger partial charge in [0.25, 0.3) is 0 Å². The van der Waals surface area contributed by atoms with E-state index in [2.05, 4.69) is 0 Å². The van der Waals surface area contributed by atoms with E-state index in [0.717, 1.165) is 5.56 Å². The van der Waals surface area contributed by atoms with Crippen LogP contribution >= 0.6 is 0 Å². The summed E-state index contributed by atoms with van der Waals surface area (Å²) in [5.74, 6) is -0.639. The maximum atomic E-state index is 13.3. The summed E-state index contributed by atoms with van der Waals surface area (Å²) in [6.45, 7) is 0.566. The topological polar surface area (TPSA) is 66.6 Å². The van der Waals surface area contributed by atoms with E-state index in [1.807, 2.05) is 0 Å². The second-order valence-electron chi connectivity index (χ2n) is 4.62. The van der Waals surface area contributed by atoms with Crippen molar-refractivity contribution in [2.45, 2.75) is 13.1 Å². The Labute approximate surface area is 110 Å². The molecule has 0 unspecified atom stereocenters. The van der Waals surface area contributed by atoms with Gasteiger partial charge in [-0.2, -0.15) is 0 Å². The van der Waals surface area contributed by atoms with Crippen LogP contribution < -0.4 is 5.73 Å². The SMILES string of the molecule is CN1CC(=O)N(Cc2cc(F)ccc2CN)CC1=O. The Morgan fingerprint density at radius 2 is 1.95 bits per heavy atom. The maximum Gasteiger partial charge on any atom is 0.242 e. The van der Waals surface area contributed by atoms with Crippen molar-refractivity contribution in [2.24, 2.45) is 5.73 Å². The van der Waals surface area contributed by atoms with Crippen molar-refractivity contribution in [3.63, 3.8) is 0 Å². The summed E-state index contributed by atoms with van der Waals surface area (Å²) in [5.41, 5.74) is 7.01. The van der Waals surface area contributed by atoms with Crippen molar-refractivity contribution < 1.29 is 14.0 Å². The molecule has 1 aromatic rings. The van der Waals surface area contributed by atoms with Crippen LogP contribution in [0.3, 0.4) is 0 Å². The van der Waals surface area contributed by atoms with Crippen LogP contribution in [0.1, 0.15) is 11.1 Å². The van der Waals surface area contributed by atoms with Crippen LogP contribution in [0, 0.1) is 5.82 Å². The Morgan fingerprint density at radius 1 is 1.21 bits per heavy atom. The zero-order valence-corrected chi connectivity index (χ0v) is 10.7. The van der Waals surface area contributed by atoms with Crippen LogP contribution in [-0.4, -0.2) is 41.8 Å². The van der Waals surface area contributed by atoms with Gasteiger partial charge in [-0.3, -0.25) is 9.59 Å². The molecule has 102 valence electrons. The molecule has 6 heteroatoms. The predicted molar refractivity (Wildman–Crippen MR) is 67.3 cm³/mol. The van der Waals surface area contributed by atoms with Gasteiger partial charge in [0.05, 0.1) is 6.54 Å². The van der Waals surface area contributed by atoms with E-state index in [9.17, 15) is 14.0 Å². The monoisotopic (exact) mass is 265 g/mol. The van der Waals surface area contributed by atoms with E-state index >= 15 is 0 Å². The summed E-state index contributed by atoms with van der Waals surface area (Å²) in [7, 11) is 1.59. The van der Waals surface area contributed by atoms with Crippen molar-refractivity contribution in [1.82, 2.24) is 9.80 Å². The molecule has 1 aliphatic rings. The largest absolute Gasteiger partial charge is 0.335 e. The maximum absolute atomic E-state index is 13.3. The number of hydrogen-bond donors (Lipinski definition) is 1. The highest BCUT2D eigenvalue weighted by Gasteiger charge is 2.27. The highest BCUT2D eigenvalue weighted by Crippen LogP contribution is 2.15. The average molecular weight is 265 g/mol. The molecule has 0 aromatic heterocycles. The second kappa shape index (κ2) is 5.36.